The highest BCUT2D eigenvalue weighted by Crippen LogP contribution is 2.26. The van der Waals surface area contributed by atoms with Crippen LogP contribution in [0.5, 0.6) is 11.5 Å². The quantitative estimate of drug-likeness (QED) is 0.773. The summed E-state index contributed by atoms with van der Waals surface area (Å²) in [7, 11) is 0. The summed E-state index contributed by atoms with van der Waals surface area (Å²) in [6.07, 6.45) is -1.15. The van der Waals surface area contributed by atoms with Gasteiger partial charge in [0.1, 0.15) is 11.5 Å². The molecule has 1 aromatic rings. The number of nitrogens with zero attached hydrogens (tertiary/aromatic N) is 1. The molecule has 0 saturated carbocycles. The molecule has 0 aliphatic carbocycles. The van der Waals surface area contributed by atoms with Crippen molar-refractivity contribution in [3.05, 3.63) is 23.8 Å². The molecule has 0 radical (unpaired) electrons. The number of hydrogen-bond donors (Lipinski definition) is 1. The fourth-order valence-electron chi connectivity index (χ4n) is 1.33. The second-order valence-electron chi connectivity index (χ2n) is 3.14. The minimum absolute atomic E-state index is 0.483. The van der Waals surface area contributed by atoms with Gasteiger partial charge < -0.3 is 14.6 Å². The summed E-state index contributed by atoms with van der Waals surface area (Å²) in [5.74, 6) is 1.19. The fraction of sp³-hybridized carbons (Fsp3) is 0.417. The standard InChI is InChI=1S/C12H15NO3/c1-3-15-10-5-9(12(14)8-13)6-11(7-10)16-4-2/h5-7,12,14H,3-4H2,1-2H3. The zero-order valence-electron chi connectivity index (χ0n) is 9.43. The van der Waals surface area contributed by atoms with Crippen LogP contribution in [-0.2, 0) is 0 Å². The summed E-state index contributed by atoms with van der Waals surface area (Å²) in [6.45, 7) is 4.79. The number of hydrogen-bond acceptors (Lipinski definition) is 4. The van der Waals surface area contributed by atoms with Gasteiger partial charge >= 0.3 is 0 Å². The largest absolute Gasteiger partial charge is 0.494 e. The Bertz CT molecular complexity index is 360. The highest BCUT2D eigenvalue weighted by molar-refractivity contribution is 5.40. The number of ether oxygens (including phenoxy) is 2. The smallest absolute Gasteiger partial charge is 0.166 e. The summed E-state index contributed by atoms with van der Waals surface area (Å²) >= 11 is 0. The highest BCUT2D eigenvalue weighted by Gasteiger charge is 2.10. The van der Waals surface area contributed by atoms with Crippen LogP contribution in [0.1, 0.15) is 25.5 Å². The fourth-order valence-corrected chi connectivity index (χ4v) is 1.33. The summed E-state index contributed by atoms with van der Waals surface area (Å²) in [6, 6.07) is 6.78. The van der Waals surface area contributed by atoms with Gasteiger partial charge in [-0.25, -0.2) is 0 Å². The molecule has 86 valence electrons. The molecule has 1 rings (SSSR count). The molecular weight excluding hydrogens is 206 g/mol. The molecule has 0 saturated heterocycles. The van der Waals surface area contributed by atoms with Gasteiger partial charge in [-0.2, -0.15) is 5.26 Å². The lowest BCUT2D eigenvalue weighted by Crippen LogP contribution is -1.99. The molecule has 0 spiro atoms. The maximum Gasteiger partial charge on any atom is 0.166 e. The van der Waals surface area contributed by atoms with E-state index < -0.39 is 6.10 Å². The van der Waals surface area contributed by atoms with Gasteiger partial charge in [-0.1, -0.05) is 0 Å². The van der Waals surface area contributed by atoms with Gasteiger partial charge in [0.05, 0.1) is 19.3 Å². The van der Waals surface area contributed by atoms with Crippen LogP contribution in [0.2, 0.25) is 0 Å². The lowest BCUT2D eigenvalue weighted by atomic mass is 10.1. The third-order valence-corrected chi connectivity index (χ3v) is 1.96. The van der Waals surface area contributed by atoms with E-state index in [4.69, 9.17) is 14.7 Å². The van der Waals surface area contributed by atoms with Crippen molar-refractivity contribution in [1.82, 2.24) is 0 Å². The van der Waals surface area contributed by atoms with Gasteiger partial charge in [-0.15, -0.1) is 0 Å². The van der Waals surface area contributed by atoms with Crippen molar-refractivity contribution >= 4 is 0 Å². The van der Waals surface area contributed by atoms with Crippen LogP contribution < -0.4 is 9.47 Å². The summed E-state index contributed by atoms with van der Waals surface area (Å²) < 4.78 is 10.7. The lowest BCUT2D eigenvalue weighted by Gasteiger charge is -2.11. The van der Waals surface area contributed by atoms with Gasteiger partial charge in [0.15, 0.2) is 6.10 Å². The Morgan fingerprint density at radius 3 is 2.06 bits per heavy atom. The first-order chi connectivity index (χ1) is 7.71. The van der Waals surface area contributed by atoms with E-state index in [0.717, 1.165) is 0 Å². The molecule has 0 aromatic heterocycles. The molecule has 0 heterocycles. The summed E-state index contributed by atoms with van der Waals surface area (Å²) in [5.41, 5.74) is 0.483. The number of benzene rings is 1. The zero-order chi connectivity index (χ0) is 12.0. The van der Waals surface area contributed by atoms with Crippen molar-refractivity contribution in [2.24, 2.45) is 0 Å². The van der Waals surface area contributed by atoms with Gasteiger partial charge in [0.25, 0.3) is 0 Å². The molecule has 1 aromatic carbocycles. The van der Waals surface area contributed by atoms with Crippen LogP contribution >= 0.6 is 0 Å². The van der Waals surface area contributed by atoms with Crippen molar-refractivity contribution in [2.45, 2.75) is 20.0 Å². The molecular formula is C12H15NO3. The van der Waals surface area contributed by atoms with E-state index >= 15 is 0 Å². The SMILES string of the molecule is CCOc1cc(OCC)cc(C(O)C#N)c1. The van der Waals surface area contributed by atoms with Crippen LogP contribution in [0.25, 0.3) is 0 Å². The molecule has 0 aliphatic rings. The average Bonchev–Trinajstić information content (AvgIpc) is 2.28. The first kappa shape index (κ1) is 12.3. The maximum absolute atomic E-state index is 9.44. The molecule has 16 heavy (non-hydrogen) atoms. The van der Waals surface area contributed by atoms with Gasteiger partial charge in [0, 0.05) is 11.6 Å². The predicted octanol–water partition coefficient (Wildman–Crippen LogP) is 2.04. The van der Waals surface area contributed by atoms with Crippen molar-refractivity contribution < 1.29 is 14.6 Å². The van der Waals surface area contributed by atoms with E-state index in [1.807, 2.05) is 13.8 Å². The molecule has 1 unspecified atom stereocenters. The van der Waals surface area contributed by atoms with Gasteiger partial charge in [0.2, 0.25) is 0 Å². The van der Waals surface area contributed by atoms with Crippen molar-refractivity contribution in [1.29, 1.82) is 5.26 Å². The normalized spacial score (nSPS) is 11.6. The summed E-state index contributed by atoms with van der Waals surface area (Å²) in [4.78, 5) is 0. The summed E-state index contributed by atoms with van der Waals surface area (Å²) in [5, 5.41) is 18.1. The molecule has 1 N–H and O–H groups in total. The Balaban J connectivity index is 3.03. The van der Waals surface area contributed by atoms with E-state index in [2.05, 4.69) is 0 Å². The van der Waals surface area contributed by atoms with Crippen LogP contribution in [0.15, 0.2) is 18.2 Å². The minimum Gasteiger partial charge on any atom is -0.494 e. The monoisotopic (exact) mass is 221 g/mol. The van der Waals surface area contributed by atoms with Crippen LogP contribution in [-0.4, -0.2) is 18.3 Å². The molecule has 0 bridgehead atoms. The minimum atomic E-state index is -1.15. The van der Waals surface area contributed by atoms with E-state index in [1.165, 1.54) is 0 Å². The van der Waals surface area contributed by atoms with Crippen LogP contribution in [0.4, 0.5) is 0 Å². The van der Waals surface area contributed by atoms with Crippen LogP contribution in [0, 0.1) is 11.3 Å². The maximum atomic E-state index is 9.44. The Labute approximate surface area is 95.0 Å². The second kappa shape index (κ2) is 5.99. The Kier molecular flexibility index (Phi) is 4.62. The second-order valence-corrected chi connectivity index (χ2v) is 3.14. The Hall–Kier alpha value is -1.73. The first-order valence-electron chi connectivity index (χ1n) is 5.19. The highest BCUT2D eigenvalue weighted by atomic mass is 16.5. The number of aliphatic hydroxyl groups excluding tert-OH is 1. The van der Waals surface area contributed by atoms with E-state index in [1.54, 1.807) is 24.3 Å². The average molecular weight is 221 g/mol. The number of nitriles is 1. The first-order valence-corrected chi connectivity index (χ1v) is 5.19. The van der Waals surface area contributed by atoms with E-state index in [9.17, 15) is 5.11 Å². The lowest BCUT2D eigenvalue weighted by molar-refractivity contribution is 0.233. The van der Waals surface area contributed by atoms with Gasteiger partial charge in [-0.05, 0) is 26.0 Å². The number of aliphatic hydroxyl groups is 1. The Morgan fingerprint density at radius 2 is 1.69 bits per heavy atom. The molecule has 0 aliphatic heterocycles. The number of rotatable bonds is 5. The predicted molar refractivity (Wildman–Crippen MR) is 59.4 cm³/mol. The van der Waals surface area contributed by atoms with Crippen molar-refractivity contribution in [3.63, 3.8) is 0 Å². The van der Waals surface area contributed by atoms with E-state index in [0.29, 0.717) is 30.3 Å². The third-order valence-electron chi connectivity index (χ3n) is 1.96. The van der Waals surface area contributed by atoms with Gasteiger partial charge in [-0.3, -0.25) is 0 Å². The van der Waals surface area contributed by atoms with E-state index in [-0.39, 0.29) is 0 Å². The van der Waals surface area contributed by atoms with Crippen molar-refractivity contribution in [2.75, 3.05) is 13.2 Å². The van der Waals surface area contributed by atoms with Crippen molar-refractivity contribution in [3.8, 4) is 17.6 Å². The molecule has 1 atom stereocenters. The molecule has 4 heteroatoms. The topological polar surface area (TPSA) is 62.5 Å². The third kappa shape index (κ3) is 3.14. The van der Waals surface area contributed by atoms with Crippen LogP contribution in [0.3, 0.4) is 0 Å². The Morgan fingerprint density at radius 1 is 1.19 bits per heavy atom. The zero-order valence-corrected chi connectivity index (χ0v) is 9.43. The molecule has 0 fully saturated rings. The molecule has 4 nitrogen and oxygen atoms in total. The molecule has 0 amide bonds.